The second-order valence-corrected chi connectivity index (χ2v) is 4.78. The molecule has 0 fully saturated rings. The molecule has 4 nitrogen and oxygen atoms in total. The molecule has 0 saturated heterocycles. The van der Waals surface area contributed by atoms with Crippen molar-refractivity contribution in [3.05, 3.63) is 52.5 Å². The average molecular weight is 291 g/mol. The van der Waals surface area contributed by atoms with Gasteiger partial charge < -0.3 is 15.8 Å². The lowest BCUT2D eigenvalue weighted by Gasteiger charge is -2.12. The third-order valence-corrected chi connectivity index (χ3v) is 3.18. The van der Waals surface area contributed by atoms with Crippen LogP contribution in [0.15, 0.2) is 36.4 Å². The van der Waals surface area contributed by atoms with Crippen molar-refractivity contribution in [3.63, 3.8) is 0 Å². The third kappa shape index (κ3) is 2.86. The number of halogens is 1. The zero-order valence-corrected chi connectivity index (χ0v) is 12.0. The molecule has 5 heteroatoms. The number of benzene rings is 2. The zero-order valence-electron chi connectivity index (χ0n) is 11.2. The first-order chi connectivity index (χ1) is 9.52. The first-order valence-corrected chi connectivity index (χ1v) is 6.40. The van der Waals surface area contributed by atoms with E-state index in [1.54, 1.807) is 30.3 Å². The van der Waals surface area contributed by atoms with E-state index >= 15 is 0 Å². The highest BCUT2D eigenvalue weighted by Gasteiger charge is 2.15. The molecular weight excluding hydrogens is 276 g/mol. The summed E-state index contributed by atoms with van der Waals surface area (Å²) >= 11 is 5.93. The molecule has 0 aromatic heterocycles. The number of nitrogen functional groups attached to an aromatic ring is 1. The lowest BCUT2D eigenvalue weighted by molar-refractivity contribution is 0.102. The van der Waals surface area contributed by atoms with Gasteiger partial charge in [-0.1, -0.05) is 23.7 Å². The Morgan fingerprint density at radius 2 is 2.05 bits per heavy atom. The fourth-order valence-corrected chi connectivity index (χ4v) is 2.05. The number of rotatable bonds is 3. The summed E-state index contributed by atoms with van der Waals surface area (Å²) in [5, 5.41) is 3.37. The Kier molecular flexibility index (Phi) is 4.15. The Balaban J connectivity index is 2.33. The SMILES string of the molecule is COc1c(N)cccc1C(=O)Nc1cc(Cl)ccc1C. The molecule has 0 aliphatic rings. The summed E-state index contributed by atoms with van der Waals surface area (Å²) in [4.78, 5) is 12.3. The van der Waals surface area contributed by atoms with Crippen molar-refractivity contribution in [2.24, 2.45) is 0 Å². The van der Waals surface area contributed by atoms with Gasteiger partial charge in [0.05, 0.1) is 18.4 Å². The van der Waals surface area contributed by atoms with Crippen molar-refractivity contribution in [1.82, 2.24) is 0 Å². The van der Waals surface area contributed by atoms with Gasteiger partial charge in [-0.05, 0) is 36.8 Å². The average Bonchev–Trinajstić information content (AvgIpc) is 2.42. The molecule has 0 radical (unpaired) electrons. The molecule has 20 heavy (non-hydrogen) atoms. The molecule has 2 rings (SSSR count). The van der Waals surface area contributed by atoms with E-state index in [0.717, 1.165) is 5.56 Å². The standard InChI is InChI=1S/C15H15ClN2O2/c1-9-6-7-10(16)8-13(9)18-15(19)11-4-3-5-12(17)14(11)20-2/h3-8H,17H2,1-2H3,(H,18,19). The number of carbonyl (C=O) groups is 1. The molecule has 0 aliphatic heterocycles. The summed E-state index contributed by atoms with van der Waals surface area (Å²) in [6.07, 6.45) is 0. The molecule has 0 saturated carbocycles. The number of hydrogen-bond donors (Lipinski definition) is 2. The van der Waals surface area contributed by atoms with E-state index in [4.69, 9.17) is 22.1 Å². The van der Waals surface area contributed by atoms with Crippen LogP contribution >= 0.6 is 11.6 Å². The topological polar surface area (TPSA) is 64.3 Å². The van der Waals surface area contributed by atoms with Crippen molar-refractivity contribution < 1.29 is 9.53 Å². The van der Waals surface area contributed by atoms with Gasteiger partial charge in [-0.25, -0.2) is 0 Å². The molecule has 0 aliphatic carbocycles. The van der Waals surface area contributed by atoms with Crippen molar-refractivity contribution in [3.8, 4) is 5.75 Å². The number of ether oxygens (including phenoxy) is 1. The Hall–Kier alpha value is -2.20. The number of nitrogens with two attached hydrogens (primary N) is 1. The molecule has 3 N–H and O–H groups in total. The number of hydrogen-bond acceptors (Lipinski definition) is 3. The van der Waals surface area contributed by atoms with Crippen LogP contribution in [0.1, 0.15) is 15.9 Å². The van der Waals surface area contributed by atoms with E-state index in [1.807, 2.05) is 13.0 Å². The Morgan fingerprint density at radius 1 is 1.30 bits per heavy atom. The van der Waals surface area contributed by atoms with Gasteiger partial charge >= 0.3 is 0 Å². The van der Waals surface area contributed by atoms with Gasteiger partial charge in [0.2, 0.25) is 0 Å². The number of methoxy groups -OCH3 is 1. The van der Waals surface area contributed by atoms with E-state index in [1.165, 1.54) is 7.11 Å². The van der Waals surface area contributed by atoms with Gasteiger partial charge in [-0.2, -0.15) is 0 Å². The van der Waals surface area contributed by atoms with Crippen LogP contribution in [-0.4, -0.2) is 13.0 Å². The van der Waals surface area contributed by atoms with Crippen LogP contribution in [0.5, 0.6) is 5.75 Å². The van der Waals surface area contributed by atoms with Gasteiger partial charge in [0.15, 0.2) is 5.75 Å². The van der Waals surface area contributed by atoms with E-state index in [0.29, 0.717) is 27.7 Å². The van der Waals surface area contributed by atoms with E-state index in [2.05, 4.69) is 5.32 Å². The predicted octanol–water partition coefficient (Wildman–Crippen LogP) is 3.49. The van der Waals surface area contributed by atoms with E-state index in [9.17, 15) is 4.79 Å². The van der Waals surface area contributed by atoms with Gasteiger partial charge in [0, 0.05) is 10.7 Å². The quantitative estimate of drug-likeness (QED) is 0.851. The maximum Gasteiger partial charge on any atom is 0.259 e. The third-order valence-electron chi connectivity index (χ3n) is 2.94. The Labute approximate surface area is 122 Å². The number of anilines is 2. The van der Waals surface area contributed by atoms with Gasteiger partial charge in [-0.15, -0.1) is 0 Å². The smallest absolute Gasteiger partial charge is 0.259 e. The Morgan fingerprint density at radius 3 is 2.75 bits per heavy atom. The second-order valence-electron chi connectivity index (χ2n) is 4.34. The van der Waals surface area contributed by atoms with E-state index < -0.39 is 0 Å². The van der Waals surface area contributed by atoms with Gasteiger partial charge in [0.25, 0.3) is 5.91 Å². The molecular formula is C15H15ClN2O2. The summed E-state index contributed by atoms with van der Waals surface area (Å²) in [5.41, 5.74) is 8.17. The van der Waals surface area contributed by atoms with Crippen molar-refractivity contribution in [2.75, 3.05) is 18.2 Å². The number of carbonyl (C=O) groups excluding carboxylic acids is 1. The number of nitrogens with one attached hydrogen (secondary N) is 1. The lowest BCUT2D eigenvalue weighted by atomic mass is 10.1. The molecule has 0 atom stereocenters. The molecule has 0 bridgehead atoms. The van der Waals surface area contributed by atoms with Crippen molar-refractivity contribution in [1.29, 1.82) is 0 Å². The minimum atomic E-state index is -0.292. The van der Waals surface area contributed by atoms with Crippen molar-refractivity contribution >= 4 is 28.9 Å². The van der Waals surface area contributed by atoms with Crippen LogP contribution in [0.3, 0.4) is 0 Å². The maximum absolute atomic E-state index is 12.3. The van der Waals surface area contributed by atoms with Crippen LogP contribution in [0.4, 0.5) is 11.4 Å². The largest absolute Gasteiger partial charge is 0.494 e. The van der Waals surface area contributed by atoms with Crippen molar-refractivity contribution in [2.45, 2.75) is 6.92 Å². The first-order valence-electron chi connectivity index (χ1n) is 6.03. The molecule has 1 amide bonds. The highest BCUT2D eigenvalue weighted by atomic mass is 35.5. The normalized spacial score (nSPS) is 10.2. The summed E-state index contributed by atoms with van der Waals surface area (Å²) < 4.78 is 5.18. The summed E-state index contributed by atoms with van der Waals surface area (Å²) in [6, 6.07) is 10.4. The fraction of sp³-hybridized carbons (Fsp3) is 0.133. The summed E-state index contributed by atoms with van der Waals surface area (Å²) in [6.45, 7) is 1.89. The minimum absolute atomic E-state index is 0.292. The molecule has 0 unspecified atom stereocenters. The predicted molar refractivity (Wildman–Crippen MR) is 81.5 cm³/mol. The maximum atomic E-state index is 12.3. The molecule has 0 heterocycles. The van der Waals surface area contributed by atoms with Gasteiger partial charge in [0.1, 0.15) is 0 Å². The highest BCUT2D eigenvalue weighted by Crippen LogP contribution is 2.27. The van der Waals surface area contributed by atoms with Crippen LogP contribution in [-0.2, 0) is 0 Å². The number of aryl methyl sites for hydroxylation is 1. The second kappa shape index (κ2) is 5.84. The minimum Gasteiger partial charge on any atom is -0.494 e. The monoisotopic (exact) mass is 290 g/mol. The molecule has 104 valence electrons. The van der Waals surface area contributed by atoms with E-state index in [-0.39, 0.29) is 5.91 Å². The molecule has 2 aromatic rings. The fourth-order valence-electron chi connectivity index (χ4n) is 1.88. The van der Waals surface area contributed by atoms with Crippen LogP contribution in [0.25, 0.3) is 0 Å². The summed E-state index contributed by atoms with van der Waals surface area (Å²) in [7, 11) is 1.48. The Bertz CT molecular complexity index is 656. The highest BCUT2D eigenvalue weighted by molar-refractivity contribution is 6.31. The lowest BCUT2D eigenvalue weighted by Crippen LogP contribution is -2.14. The zero-order chi connectivity index (χ0) is 14.7. The first kappa shape index (κ1) is 14.2. The van der Waals surface area contributed by atoms with Crippen LogP contribution in [0.2, 0.25) is 5.02 Å². The van der Waals surface area contributed by atoms with Crippen LogP contribution in [0, 0.1) is 6.92 Å². The molecule has 0 spiro atoms. The number of para-hydroxylation sites is 1. The van der Waals surface area contributed by atoms with Crippen LogP contribution < -0.4 is 15.8 Å². The molecule has 2 aromatic carbocycles. The van der Waals surface area contributed by atoms with Gasteiger partial charge in [-0.3, -0.25) is 4.79 Å². The number of amides is 1. The summed E-state index contributed by atoms with van der Waals surface area (Å²) in [5.74, 6) is 0.0733.